The van der Waals surface area contributed by atoms with Gasteiger partial charge in [0.15, 0.2) is 6.10 Å². The van der Waals surface area contributed by atoms with Crippen molar-refractivity contribution < 1.29 is 17.9 Å². The minimum Gasteiger partial charge on any atom is -0.476 e. The second kappa shape index (κ2) is 9.62. The number of carbonyl (C=O) groups excluding carboxylic acids is 1. The van der Waals surface area contributed by atoms with Crippen molar-refractivity contribution in [3.05, 3.63) is 90.0 Å². The van der Waals surface area contributed by atoms with Crippen LogP contribution in [0.15, 0.2) is 83.8 Å². The van der Waals surface area contributed by atoms with E-state index in [1.165, 1.54) is 4.31 Å². The van der Waals surface area contributed by atoms with Crippen molar-refractivity contribution in [3.8, 4) is 5.75 Å². The van der Waals surface area contributed by atoms with E-state index in [1.807, 2.05) is 56.3 Å². The lowest BCUT2D eigenvalue weighted by atomic mass is 9.86. The first kappa shape index (κ1) is 25.8. The zero-order chi connectivity index (χ0) is 26.1. The Balaban J connectivity index is 1.67. The van der Waals surface area contributed by atoms with Crippen molar-refractivity contribution in [3.63, 3.8) is 0 Å². The highest BCUT2D eigenvalue weighted by molar-refractivity contribution is 7.92. The average Bonchev–Trinajstić information content (AvgIpc) is 2.83. The van der Waals surface area contributed by atoms with Crippen LogP contribution in [0.3, 0.4) is 0 Å². The van der Waals surface area contributed by atoms with Crippen LogP contribution in [-0.4, -0.2) is 32.5 Å². The van der Waals surface area contributed by atoms with Gasteiger partial charge < -0.3 is 10.1 Å². The van der Waals surface area contributed by atoms with Crippen molar-refractivity contribution in [2.45, 2.75) is 63.0 Å². The van der Waals surface area contributed by atoms with E-state index in [2.05, 4.69) is 26.1 Å². The average molecular weight is 507 g/mol. The predicted octanol–water partition coefficient (Wildman–Crippen LogP) is 5.08. The minimum atomic E-state index is -3.92. The molecule has 1 atom stereocenters. The summed E-state index contributed by atoms with van der Waals surface area (Å²) in [6, 6.07) is 23.7. The Labute approximate surface area is 214 Å². The summed E-state index contributed by atoms with van der Waals surface area (Å²) < 4.78 is 34.9. The standard InChI is InChI=1S/C29H34N2O4S/c1-28(2,3)22-16-17-25-24(18-22)31(36(33,34)23-14-10-7-11-15-23)20-26(35-25)27(32)30-29(4,5)19-21-12-8-6-9-13-21/h6-18,26H,19-20H2,1-5H3,(H,30,32)/t26-/m0/s1. The molecule has 1 heterocycles. The van der Waals surface area contributed by atoms with Gasteiger partial charge in [0.1, 0.15) is 5.75 Å². The fourth-order valence-corrected chi connectivity index (χ4v) is 5.85. The third-order valence-corrected chi connectivity index (χ3v) is 8.06. The quantitative estimate of drug-likeness (QED) is 0.506. The molecule has 0 saturated heterocycles. The lowest BCUT2D eigenvalue weighted by Gasteiger charge is -2.37. The maximum absolute atomic E-state index is 13.7. The van der Waals surface area contributed by atoms with E-state index in [4.69, 9.17) is 4.74 Å². The van der Waals surface area contributed by atoms with Gasteiger partial charge >= 0.3 is 0 Å². The smallest absolute Gasteiger partial charge is 0.264 e. The maximum Gasteiger partial charge on any atom is 0.264 e. The van der Waals surface area contributed by atoms with Crippen LogP contribution >= 0.6 is 0 Å². The van der Waals surface area contributed by atoms with Gasteiger partial charge in [-0.1, -0.05) is 75.4 Å². The lowest BCUT2D eigenvalue weighted by molar-refractivity contribution is -0.129. The van der Waals surface area contributed by atoms with Gasteiger partial charge in [-0.05, 0) is 61.1 Å². The summed E-state index contributed by atoms with van der Waals surface area (Å²) in [4.78, 5) is 13.6. The first-order chi connectivity index (χ1) is 16.9. The van der Waals surface area contributed by atoms with Crippen molar-refractivity contribution in [1.29, 1.82) is 0 Å². The molecule has 36 heavy (non-hydrogen) atoms. The zero-order valence-corrected chi connectivity index (χ0v) is 22.3. The van der Waals surface area contributed by atoms with E-state index in [9.17, 15) is 13.2 Å². The van der Waals surface area contributed by atoms with Gasteiger partial charge in [0, 0.05) is 5.54 Å². The molecular weight excluding hydrogens is 472 g/mol. The number of ether oxygens (including phenoxy) is 1. The summed E-state index contributed by atoms with van der Waals surface area (Å²) >= 11 is 0. The maximum atomic E-state index is 13.7. The Morgan fingerprint density at radius 3 is 2.17 bits per heavy atom. The van der Waals surface area contributed by atoms with Gasteiger partial charge in [0.25, 0.3) is 15.9 Å². The predicted molar refractivity (Wildman–Crippen MR) is 143 cm³/mol. The van der Waals surface area contributed by atoms with E-state index in [1.54, 1.807) is 36.4 Å². The Morgan fingerprint density at radius 1 is 0.944 bits per heavy atom. The highest BCUT2D eigenvalue weighted by Crippen LogP contribution is 2.40. The Morgan fingerprint density at radius 2 is 1.56 bits per heavy atom. The van der Waals surface area contributed by atoms with Gasteiger partial charge in [-0.3, -0.25) is 9.10 Å². The molecule has 7 heteroatoms. The molecule has 0 bridgehead atoms. The number of nitrogens with zero attached hydrogens (tertiary/aromatic N) is 1. The Hall–Kier alpha value is -3.32. The van der Waals surface area contributed by atoms with Crippen molar-refractivity contribution in [2.24, 2.45) is 0 Å². The zero-order valence-electron chi connectivity index (χ0n) is 21.5. The van der Waals surface area contributed by atoms with Crippen LogP contribution in [0.5, 0.6) is 5.75 Å². The van der Waals surface area contributed by atoms with E-state index >= 15 is 0 Å². The fraction of sp³-hybridized carbons (Fsp3) is 0.345. The number of hydrogen-bond acceptors (Lipinski definition) is 4. The number of rotatable bonds is 6. The molecule has 0 unspecified atom stereocenters. The molecule has 4 rings (SSSR count). The first-order valence-electron chi connectivity index (χ1n) is 12.1. The normalized spacial score (nSPS) is 16.1. The van der Waals surface area contributed by atoms with Gasteiger partial charge in [0.05, 0.1) is 17.1 Å². The summed E-state index contributed by atoms with van der Waals surface area (Å²) in [6.07, 6.45) is -0.365. The molecule has 1 amide bonds. The number of sulfonamides is 1. The van der Waals surface area contributed by atoms with Crippen LogP contribution in [0.1, 0.15) is 45.7 Å². The highest BCUT2D eigenvalue weighted by atomic mass is 32.2. The van der Waals surface area contributed by atoms with Gasteiger partial charge in [-0.25, -0.2) is 8.42 Å². The fourth-order valence-electron chi connectivity index (χ4n) is 4.37. The van der Waals surface area contributed by atoms with Gasteiger partial charge in [-0.15, -0.1) is 0 Å². The second-order valence-electron chi connectivity index (χ2n) is 10.9. The molecule has 0 aliphatic carbocycles. The van der Waals surface area contributed by atoms with Gasteiger partial charge in [-0.2, -0.15) is 0 Å². The number of hydrogen-bond donors (Lipinski definition) is 1. The Bertz CT molecular complexity index is 1330. The molecule has 1 aliphatic rings. The van der Waals surface area contributed by atoms with Crippen LogP contribution in [0.25, 0.3) is 0 Å². The molecule has 0 saturated carbocycles. The third-order valence-electron chi connectivity index (χ3n) is 6.27. The van der Waals surface area contributed by atoms with E-state index in [0.717, 1.165) is 11.1 Å². The summed E-state index contributed by atoms with van der Waals surface area (Å²) in [6.45, 7) is 9.98. The van der Waals surface area contributed by atoms with E-state index in [-0.39, 0.29) is 22.8 Å². The number of anilines is 1. The van der Waals surface area contributed by atoms with Crippen LogP contribution in [0, 0.1) is 0 Å². The van der Waals surface area contributed by atoms with Crippen molar-refractivity contribution >= 4 is 21.6 Å². The summed E-state index contributed by atoms with van der Waals surface area (Å²) in [5, 5.41) is 3.07. The van der Waals surface area contributed by atoms with E-state index in [0.29, 0.717) is 17.9 Å². The van der Waals surface area contributed by atoms with Gasteiger partial charge in [0.2, 0.25) is 0 Å². The number of fused-ring (bicyclic) bond motifs is 1. The molecular formula is C29H34N2O4S. The molecule has 6 nitrogen and oxygen atoms in total. The minimum absolute atomic E-state index is 0.120. The monoisotopic (exact) mass is 506 g/mol. The Kier molecular flexibility index (Phi) is 6.88. The molecule has 1 N–H and O–H groups in total. The number of amides is 1. The molecule has 3 aromatic rings. The van der Waals surface area contributed by atoms with Crippen LogP contribution in [0.2, 0.25) is 0 Å². The van der Waals surface area contributed by atoms with Crippen molar-refractivity contribution in [2.75, 3.05) is 10.8 Å². The number of carbonyl (C=O) groups is 1. The first-order valence-corrected chi connectivity index (χ1v) is 13.6. The molecule has 3 aromatic carbocycles. The summed E-state index contributed by atoms with van der Waals surface area (Å²) in [5.74, 6) is 0.0181. The second-order valence-corrected chi connectivity index (χ2v) is 12.8. The molecule has 0 fully saturated rings. The molecule has 190 valence electrons. The third kappa shape index (κ3) is 5.57. The summed E-state index contributed by atoms with van der Waals surface area (Å²) in [7, 11) is -3.92. The topological polar surface area (TPSA) is 75.7 Å². The SMILES string of the molecule is CC(C)(Cc1ccccc1)NC(=O)[C@@H]1CN(S(=O)(=O)c2ccccc2)c2cc(C(C)(C)C)ccc2O1. The van der Waals surface area contributed by atoms with Crippen LogP contribution in [-0.2, 0) is 26.7 Å². The van der Waals surface area contributed by atoms with Crippen LogP contribution < -0.4 is 14.4 Å². The van der Waals surface area contributed by atoms with Crippen molar-refractivity contribution in [1.82, 2.24) is 5.32 Å². The molecule has 1 aliphatic heterocycles. The summed E-state index contributed by atoms with van der Waals surface area (Å²) in [5.41, 5.74) is 1.78. The van der Waals surface area contributed by atoms with Crippen LogP contribution in [0.4, 0.5) is 5.69 Å². The highest BCUT2D eigenvalue weighted by Gasteiger charge is 2.39. The largest absolute Gasteiger partial charge is 0.476 e. The number of nitrogens with one attached hydrogen (secondary N) is 1. The van der Waals surface area contributed by atoms with E-state index < -0.39 is 21.7 Å². The molecule has 0 radical (unpaired) electrons. The molecule has 0 aromatic heterocycles. The lowest BCUT2D eigenvalue weighted by Crippen LogP contribution is -2.55. The number of benzene rings is 3. The molecule has 0 spiro atoms.